The Hall–Kier alpha value is -3.93. The number of amides is 4. The molecule has 1 saturated heterocycles. The van der Waals surface area contributed by atoms with Crippen LogP contribution in [0.4, 0.5) is 10.5 Å². The number of carbonyl (C=O) groups is 4. The molecule has 206 valence electrons. The summed E-state index contributed by atoms with van der Waals surface area (Å²) in [5.41, 5.74) is 3.39. The van der Waals surface area contributed by atoms with Crippen molar-refractivity contribution in [1.82, 2.24) is 10.3 Å². The summed E-state index contributed by atoms with van der Waals surface area (Å²) in [6.07, 6.45) is 0.450. The standard InChI is InChI=1S/C29H20BrClN4O5S/c1-40-19-9-4-15(5-10-19)21-13-23(16-2-7-18(31)8-3-16)35(33-21)24(36)14-34-22-11-6-17(30)12-20(22)25(28(34)38)26-27(37)32-29(39)41-26/h2-12,23H,13-14H2,1H3,(H,32,37,39)/b26-25-. The highest BCUT2D eigenvalue weighted by molar-refractivity contribution is 9.10. The fraction of sp³-hybridized carbons (Fsp3) is 0.138. The van der Waals surface area contributed by atoms with Gasteiger partial charge in [-0.2, -0.15) is 5.10 Å². The Balaban J connectivity index is 1.36. The lowest BCUT2D eigenvalue weighted by molar-refractivity contribution is -0.132. The van der Waals surface area contributed by atoms with Gasteiger partial charge in [0.05, 0.1) is 35.0 Å². The maximum absolute atomic E-state index is 13.9. The number of imide groups is 1. The number of hydrazone groups is 1. The first-order chi connectivity index (χ1) is 19.7. The average Bonchev–Trinajstić information content (AvgIpc) is 3.62. The van der Waals surface area contributed by atoms with Gasteiger partial charge in [-0.15, -0.1) is 0 Å². The molecule has 1 unspecified atom stereocenters. The molecule has 4 amide bonds. The number of hydrogen-bond acceptors (Lipinski definition) is 7. The average molecular weight is 652 g/mol. The topological polar surface area (TPSA) is 108 Å². The van der Waals surface area contributed by atoms with Gasteiger partial charge in [0.15, 0.2) is 0 Å². The van der Waals surface area contributed by atoms with Gasteiger partial charge in [0.25, 0.3) is 23.0 Å². The number of halogens is 2. The third-order valence-corrected chi connectivity index (χ3v) is 8.59. The van der Waals surface area contributed by atoms with E-state index >= 15 is 0 Å². The molecule has 12 heteroatoms. The number of rotatable bonds is 5. The molecule has 41 heavy (non-hydrogen) atoms. The molecular formula is C29H20BrClN4O5S. The number of carbonyl (C=O) groups excluding carboxylic acids is 4. The second-order valence-electron chi connectivity index (χ2n) is 9.39. The Kier molecular flexibility index (Phi) is 7.18. The Morgan fingerprint density at radius 2 is 1.83 bits per heavy atom. The monoisotopic (exact) mass is 650 g/mol. The van der Waals surface area contributed by atoms with Gasteiger partial charge in [0.1, 0.15) is 12.3 Å². The van der Waals surface area contributed by atoms with Crippen LogP contribution in [-0.4, -0.2) is 47.3 Å². The summed E-state index contributed by atoms with van der Waals surface area (Å²) in [4.78, 5) is 53.3. The van der Waals surface area contributed by atoms with Crippen LogP contribution < -0.4 is 15.0 Å². The maximum atomic E-state index is 13.9. The zero-order valence-corrected chi connectivity index (χ0v) is 24.5. The molecule has 3 aromatic carbocycles. The molecule has 3 aliphatic rings. The highest BCUT2D eigenvalue weighted by atomic mass is 79.9. The molecular weight excluding hydrogens is 632 g/mol. The molecule has 9 nitrogen and oxygen atoms in total. The zero-order chi connectivity index (χ0) is 28.8. The van der Waals surface area contributed by atoms with Crippen LogP contribution in [-0.2, 0) is 14.4 Å². The van der Waals surface area contributed by atoms with E-state index < -0.39 is 29.0 Å². The molecule has 0 bridgehead atoms. The molecule has 3 heterocycles. The predicted molar refractivity (Wildman–Crippen MR) is 160 cm³/mol. The van der Waals surface area contributed by atoms with E-state index in [0.29, 0.717) is 50.4 Å². The minimum Gasteiger partial charge on any atom is -0.497 e. The molecule has 3 aliphatic heterocycles. The predicted octanol–water partition coefficient (Wildman–Crippen LogP) is 5.53. The molecule has 0 aliphatic carbocycles. The van der Waals surface area contributed by atoms with Crippen LogP contribution in [0.3, 0.4) is 0 Å². The number of fused-ring (bicyclic) bond motifs is 1. The van der Waals surface area contributed by atoms with Crippen molar-refractivity contribution in [2.75, 3.05) is 18.6 Å². The SMILES string of the molecule is COc1ccc(C2=NN(C(=O)CN3C(=O)/C(=C4\SC(=O)NC4=O)c4cc(Br)ccc43)C(c3ccc(Cl)cc3)C2)cc1. The zero-order valence-electron chi connectivity index (χ0n) is 21.4. The molecule has 6 rings (SSSR count). The van der Waals surface area contributed by atoms with Crippen LogP contribution in [0.2, 0.25) is 5.02 Å². The lowest BCUT2D eigenvalue weighted by atomic mass is 9.98. The van der Waals surface area contributed by atoms with E-state index in [2.05, 4.69) is 21.2 Å². The minimum atomic E-state index is -0.640. The number of ether oxygens (including phenoxy) is 1. The van der Waals surface area contributed by atoms with Crippen molar-refractivity contribution in [3.05, 3.63) is 97.8 Å². The summed E-state index contributed by atoms with van der Waals surface area (Å²) in [5.74, 6) is -0.895. The van der Waals surface area contributed by atoms with Gasteiger partial charge in [-0.25, -0.2) is 5.01 Å². The first-order valence-corrected chi connectivity index (χ1v) is 14.4. The molecule has 1 fully saturated rings. The van der Waals surface area contributed by atoms with Crippen molar-refractivity contribution < 1.29 is 23.9 Å². The van der Waals surface area contributed by atoms with Crippen LogP contribution in [0, 0.1) is 0 Å². The summed E-state index contributed by atoms with van der Waals surface area (Å²) < 4.78 is 5.95. The summed E-state index contributed by atoms with van der Waals surface area (Å²) in [6.45, 7) is -0.325. The van der Waals surface area contributed by atoms with Crippen molar-refractivity contribution in [2.45, 2.75) is 12.5 Å². The third-order valence-electron chi connectivity index (χ3n) is 6.96. The van der Waals surface area contributed by atoms with E-state index in [1.807, 2.05) is 36.4 Å². The quantitative estimate of drug-likeness (QED) is 0.364. The van der Waals surface area contributed by atoms with Crippen molar-refractivity contribution in [2.24, 2.45) is 5.10 Å². The van der Waals surface area contributed by atoms with Gasteiger partial charge in [-0.3, -0.25) is 29.4 Å². The smallest absolute Gasteiger partial charge is 0.290 e. The van der Waals surface area contributed by atoms with Gasteiger partial charge in [0.2, 0.25) is 0 Å². The van der Waals surface area contributed by atoms with Gasteiger partial charge in [-0.05, 0) is 77.5 Å². The molecule has 1 N–H and O–H groups in total. The van der Waals surface area contributed by atoms with Gasteiger partial charge < -0.3 is 4.74 Å². The van der Waals surface area contributed by atoms with E-state index in [-0.39, 0.29) is 17.0 Å². The Bertz CT molecular complexity index is 1690. The number of thioether (sulfide) groups is 1. The fourth-order valence-corrected chi connectivity index (χ4v) is 6.27. The second-order valence-corrected chi connectivity index (χ2v) is 11.7. The van der Waals surface area contributed by atoms with Crippen LogP contribution in [0.25, 0.3) is 5.57 Å². The Morgan fingerprint density at radius 3 is 2.49 bits per heavy atom. The third kappa shape index (κ3) is 5.05. The van der Waals surface area contributed by atoms with Crippen LogP contribution in [0.15, 0.2) is 81.2 Å². The van der Waals surface area contributed by atoms with E-state index in [9.17, 15) is 19.2 Å². The van der Waals surface area contributed by atoms with Crippen LogP contribution >= 0.6 is 39.3 Å². The largest absolute Gasteiger partial charge is 0.497 e. The maximum Gasteiger partial charge on any atom is 0.290 e. The van der Waals surface area contributed by atoms with Crippen LogP contribution in [0.5, 0.6) is 5.75 Å². The number of nitrogens with one attached hydrogen (secondary N) is 1. The van der Waals surface area contributed by atoms with Gasteiger partial charge in [-0.1, -0.05) is 39.7 Å². The van der Waals surface area contributed by atoms with Crippen LogP contribution in [0.1, 0.15) is 29.2 Å². The first kappa shape index (κ1) is 27.3. The Morgan fingerprint density at radius 1 is 1.10 bits per heavy atom. The highest BCUT2D eigenvalue weighted by Gasteiger charge is 2.42. The van der Waals surface area contributed by atoms with Gasteiger partial charge in [0, 0.05) is 21.5 Å². The minimum absolute atomic E-state index is 0.00863. The fourth-order valence-electron chi connectivity index (χ4n) is 5.01. The first-order valence-electron chi connectivity index (χ1n) is 12.4. The number of anilines is 1. The van der Waals surface area contributed by atoms with Gasteiger partial charge >= 0.3 is 0 Å². The number of nitrogens with zero attached hydrogens (tertiary/aromatic N) is 3. The van der Waals surface area contributed by atoms with Crippen molar-refractivity contribution >= 4 is 79.2 Å². The Labute approximate surface area is 252 Å². The van der Waals surface area contributed by atoms with E-state index in [0.717, 1.165) is 11.1 Å². The summed E-state index contributed by atoms with van der Waals surface area (Å²) in [5, 5.41) is 8.32. The van der Waals surface area contributed by atoms with Crippen molar-refractivity contribution in [3.63, 3.8) is 0 Å². The van der Waals surface area contributed by atoms with E-state index in [1.165, 1.54) is 9.91 Å². The van der Waals surface area contributed by atoms with E-state index in [1.54, 1.807) is 37.4 Å². The molecule has 0 saturated carbocycles. The highest BCUT2D eigenvalue weighted by Crippen LogP contribution is 2.44. The number of hydrogen-bond donors (Lipinski definition) is 1. The lowest BCUT2D eigenvalue weighted by Gasteiger charge is -2.25. The summed E-state index contributed by atoms with van der Waals surface area (Å²) >= 11 is 10.2. The molecule has 1 atom stereocenters. The number of benzene rings is 3. The molecule has 0 aromatic heterocycles. The van der Waals surface area contributed by atoms with E-state index in [4.69, 9.17) is 21.4 Å². The molecule has 0 radical (unpaired) electrons. The summed E-state index contributed by atoms with van der Waals surface area (Å²) in [7, 11) is 1.59. The summed E-state index contributed by atoms with van der Waals surface area (Å²) in [6, 6.07) is 19.4. The normalized spacial score (nSPS) is 19.9. The number of methoxy groups -OCH3 is 1. The van der Waals surface area contributed by atoms with Crippen molar-refractivity contribution in [1.29, 1.82) is 0 Å². The second kappa shape index (κ2) is 10.8. The lowest BCUT2D eigenvalue weighted by Crippen LogP contribution is -2.39. The molecule has 0 spiro atoms. The molecule has 3 aromatic rings. The van der Waals surface area contributed by atoms with Crippen molar-refractivity contribution in [3.8, 4) is 5.75 Å².